The van der Waals surface area contributed by atoms with Crippen LogP contribution in [0.2, 0.25) is 0 Å². The van der Waals surface area contributed by atoms with E-state index in [2.05, 4.69) is 10.6 Å². The quantitative estimate of drug-likeness (QED) is 0.895. The van der Waals surface area contributed by atoms with Crippen molar-refractivity contribution in [3.8, 4) is 0 Å². The summed E-state index contributed by atoms with van der Waals surface area (Å²) in [5.74, 6) is 0.282. The first-order chi connectivity index (χ1) is 11.1. The van der Waals surface area contributed by atoms with E-state index in [-0.39, 0.29) is 17.9 Å². The van der Waals surface area contributed by atoms with Crippen molar-refractivity contribution < 1.29 is 4.79 Å². The minimum Gasteiger partial charge on any atom is -0.327 e. The molecule has 1 aliphatic rings. The molecular formula is C16H18N4O3. The molecule has 1 aromatic heterocycles. The van der Waals surface area contributed by atoms with Gasteiger partial charge in [-0.05, 0) is 19.4 Å². The number of anilines is 1. The number of aromatic nitrogens is 2. The lowest BCUT2D eigenvalue weighted by molar-refractivity contribution is 0.248. The van der Waals surface area contributed by atoms with Crippen LogP contribution in [0.3, 0.4) is 0 Å². The Hall–Kier alpha value is -2.83. The number of urea groups is 1. The molecule has 2 heterocycles. The van der Waals surface area contributed by atoms with Gasteiger partial charge in [0.25, 0.3) is 5.56 Å². The third-order valence-corrected chi connectivity index (χ3v) is 4.02. The zero-order valence-electron chi connectivity index (χ0n) is 13.0. The first-order valence-electron chi connectivity index (χ1n) is 7.58. The second-order valence-electron chi connectivity index (χ2n) is 5.28. The van der Waals surface area contributed by atoms with E-state index < -0.39 is 17.8 Å². The number of nitrogens with zero attached hydrogens (tertiary/aromatic N) is 2. The molecule has 120 valence electrons. The fourth-order valence-corrected chi connectivity index (χ4v) is 2.93. The van der Waals surface area contributed by atoms with Crippen LogP contribution in [0.25, 0.3) is 0 Å². The Morgan fingerprint density at radius 1 is 1.00 bits per heavy atom. The Kier molecular flexibility index (Phi) is 3.77. The Labute approximate surface area is 132 Å². The SMILES string of the molecule is CCn1c2c(c(=O)n(CC)c1=O)C(c1ccccc1)NC(=O)N2. The Morgan fingerprint density at radius 2 is 1.65 bits per heavy atom. The summed E-state index contributed by atoms with van der Waals surface area (Å²) in [7, 11) is 0. The molecule has 0 saturated heterocycles. The van der Waals surface area contributed by atoms with Gasteiger partial charge in [-0.2, -0.15) is 0 Å². The average molecular weight is 314 g/mol. The van der Waals surface area contributed by atoms with Gasteiger partial charge in [0.2, 0.25) is 0 Å². The number of hydrogen-bond acceptors (Lipinski definition) is 3. The largest absolute Gasteiger partial charge is 0.332 e. The molecule has 0 aliphatic carbocycles. The molecule has 1 unspecified atom stereocenters. The lowest BCUT2D eigenvalue weighted by Gasteiger charge is -2.29. The zero-order valence-corrected chi connectivity index (χ0v) is 13.0. The molecule has 2 N–H and O–H groups in total. The van der Waals surface area contributed by atoms with Crippen LogP contribution in [0.5, 0.6) is 0 Å². The number of nitrogens with one attached hydrogen (secondary N) is 2. The lowest BCUT2D eigenvalue weighted by atomic mass is 9.98. The summed E-state index contributed by atoms with van der Waals surface area (Å²) in [4.78, 5) is 37.2. The number of hydrogen-bond donors (Lipinski definition) is 2. The van der Waals surface area contributed by atoms with Crippen LogP contribution in [0, 0.1) is 0 Å². The van der Waals surface area contributed by atoms with Gasteiger partial charge in [0.15, 0.2) is 0 Å². The Bertz CT molecular complexity index is 867. The predicted molar refractivity (Wildman–Crippen MR) is 86.7 cm³/mol. The van der Waals surface area contributed by atoms with Crippen LogP contribution in [0.15, 0.2) is 39.9 Å². The summed E-state index contributed by atoms with van der Waals surface area (Å²) in [5, 5.41) is 5.38. The second kappa shape index (κ2) is 5.75. The van der Waals surface area contributed by atoms with Gasteiger partial charge in [0.1, 0.15) is 5.82 Å². The van der Waals surface area contributed by atoms with Crippen LogP contribution < -0.4 is 21.9 Å². The zero-order chi connectivity index (χ0) is 16.6. The number of benzene rings is 1. The molecule has 1 aromatic carbocycles. The first kappa shape index (κ1) is 15.1. The van der Waals surface area contributed by atoms with Crippen molar-refractivity contribution in [3.63, 3.8) is 0 Å². The van der Waals surface area contributed by atoms with Crippen LogP contribution in [0.1, 0.15) is 31.0 Å². The van der Waals surface area contributed by atoms with Crippen LogP contribution >= 0.6 is 0 Å². The summed E-state index contributed by atoms with van der Waals surface area (Å²) in [5.41, 5.74) is 0.398. The highest BCUT2D eigenvalue weighted by atomic mass is 16.2. The molecule has 2 aromatic rings. The summed E-state index contributed by atoms with van der Waals surface area (Å²) in [6.07, 6.45) is 0. The molecule has 7 nitrogen and oxygen atoms in total. The normalized spacial score (nSPS) is 16.4. The van der Waals surface area contributed by atoms with Gasteiger partial charge in [0, 0.05) is 13.1 Å². The monoisotopic (exact) mass is 314 g/mol. The van der Waals surface area contributed by atoms with Gasteiger partial charge in [-0.1, -0.05) is 30.3 Å². The van der Waals surface area contributed by atoms with E-state index >= 15 is 0 Å². The van der Waals surface area contributed by atoms with E-state index in [9.17, 15) is 14.4 Å². The number of amides is 2. The molecule has 2 amide bonds. The van der Waals surface area contributed by atoms with Crippen LogP contribution in [0.4, 0.5) is 10.6 Å². The highest BCUT2D eigenvalue weighted by molar-refractivity contribution is 5.92. The molecule has 1 aliphatic heterocycles. The molecule has 3 rings (SSSR count). The van der Waals surface area contributed by atoms with E-state index in [1.807, 2.05) is 30.3 Å². The maximum Gasteiger partial charge on any atom is 0.332 e. The smallest absolute Gasteiger partial charge is 0.327 e. The summed E-state index contributed by atoms with van der Waals surface area (Å²) in [6.45, 7) is 4.20. The molecule has 0 radical (unpaired) electrons. The Morgan fingerprint density at radius 3 is 2.26 bits per heavy atom. The van der Waals surface area contributed by atoms with E-state index in [1.54, 1.807) is 13.8 Å². The maximum atomic E-state index is 12.8. The fraction of sp³-hybridized carbons (Fsp3) is 0.312. The van der Waals surface area contributed by atoms with Crippen molar-refractivity contribution in [3.05, 3.63) is 62.3 Å². The van der Waals surface area contributed by atoms with Crippen molar-refractivity contribution in [1.29, 1.82) is 0 Å². The van der Waals surface area contributed by atoms with Gasteiger partial charge in [-0.15, -0.1) is 0 Å². The molecule has 23 heavy (non-hydrogen) atoms. The van der Waals surface area contributed by atoms with Crippen LogP contribution in [-0.2, 0) is 13.1 Å². The first-order valence-corrected chi connectivity index (χ1v) is 7.58. The molecule has 0 spiro atoms. The van der Waals surface area contributed by atoms with E-state index in [4.69, 9.17) is 0 Å². The average Bonchev–Trinajstić information content (AvgIpc) is 2.55. The van der Waals surface area contributed by atoms with Crippen molar-refractivity contribution in [1.82, 2.24) is 14.5 Å². The third kappa shape index (κ3) is 2.34. The number of carbonyl (C=O) groups excluding carboxylic acids is 1. The van der Waals surface area contributed by atoms with Gasteiger partial charge in [-0.3, -0.25) is 19.2 Å². The number of carbonyl (C=O) groups is 1. The van der Waals surface area contributed by atoms with E-state index in [1.165, 1.54) is 9.13 Å². The fourth-order valence-electron chi connectivity index (χ4n) is 2.93. The highest BCUT2D eigenvalue weighted by Crippen LogP contribution is 2.28. The minimum absolute atomic E-state index is 0.278. The summed E-state index contributed by atoms with van der Waals surface area (Å²) >= 11 is 0. The predicted octanol–water partition coefficient (Wildman–Crippen LogP) is 1.27. The van der Waals surface area contributed by atoms with Gasteiger partial charge >= 0.3 is 11.7 Å². The van der Waals surface area contributed by atoms with Gasteiger partial charge in [0.05, 0.1) is 11.6 Å². The maximum absolute atomic E-state index is 12.8. The van der Waals surface area contributed by atoms with E-state index in [0.717, 1.165) is 5.56 Å². The Balaban J connectivity index is 2.35. The van der Waals surface area contributed by atoms with Crippen molar-refractivity contribution in [2.75, 3.05) is 5.32 Å². The molecule has 0 saturated carbocycles. The van der Waals surface area contributed by atoms with Crippen molar-refractivity contribution in [2.24, 2.45) is 0 Å². The summed E-state index contributed by atoms with van der Waals surface area (Å²) < 4.78 is 2.62. The molecule has 7 heteroatoms. The van der Waals surface area contributed by atoms with Crippen molar-refractivity contribution in [2.45, 2.75) is 33.0 Å². The highest BCUT2D eigenvalue weighted by Gasteiger charge is 2.32. The van der Waals surface area contributed by atoms with Gasteiger partial charge < -0.3 is 5.32 Å². The molecule has 0 bridgehead atoms. The topological polar surface area (TPSA) is 85.1 Å². The molecule has 0 fully saturated rings. The van der Waals surface area contributed by atoms with Crippen molar-refractivity contribution >= 4 is 11.8 Å². The van der Waals surface area contributed by atoms with Crippen LogP contribution in [-0.4, -0.2) is 15.2 Å². The number of rotatable bonds is 3. The summed E-state index contributed by atoms with van der Waals surface area (Å²) in [6, 6.07) is 8.23. The van der Waals surface area contributed by atoms with Gasteiger partial charge in [-0.25, -0.2) is 9.59 Å². The molecule has 1 atom stereocenters. The second-order valence-corrected chi connectivity index (χ2v) is 5.28. The lowest BCUT2D eigenvalue weighted by Crippen LogP contribution is -2.50. The minimum atomic E-state index is -0.580. The van der Waals surface area contributed by atoms with E-state index in [0.29, 0.717) is 12.1 Å². The molecular weight excluding hydrogens is 296 g/mol. The number of fused-ring (bicyclic) bond motifs is 1. The third-order valence-electron chi connectivity index (χ3n) is 4.02. The standard InChI is InChI=1S/C16H18N4O3/c1-3-19-13-11(14(21)20(4-2)16(19)23)12(17-15(22)18-13)10-8-6-5-7-9-10/h5-9,12H,3-4H2,1-2H3,(H2,17,18,22).